The number of halogens is 4. The highest BCUT2D eigenvalue weighted by molar-refractivity contribution is 5.95. The second-order valence-electron chi connectivity index (χ2n) is 6.14. The molecular weight excluding hydrogens is 352 g/mol. The van der Waals surface area contributed by atoms with E-state index in [9.17, 15) is 27.5 Å². The molecule has 1 atom stereocenters. The predicted molar refractivity (Wildman–Crippen MR) is 87.0 cm³/mol. The van der Waals surface area contributed by atoms with Crippen LogP contribution in [-0.4, -0.2) is 30.6 Å². The number of carbonyl (C=O) groups is 1. The fourth-order valence-corrected chi connectivity index (χ4v) is 3.01. The smallest absolute Gasteiger partial charge is 0.254 e. The third-order valence-corrected chi connectivity index (χ3v) is 4.41. The van der Waals surface area contributed by atoms with Crippen LogP contribution < -0.4 is 10.2 Å². The van der Waals surface area contributed by atoms with Crippen molar-refractivity contribution in [1.82, 2.24) is 5.32 Å². The Morgan fingerprint density at radius 3 is 2.62 bits per heavy atom. The molecule has 1 fully saturated rings. The summed E-state index contributed by atoms with van der Waals surface area (Å²) in [6, 6.07) is 6.75. The molecule has 2 aromatic carbocycles. The van der Waals surface area contributed by atoms with Gasteiger partial charge in [-0.3, -0.25) is 4.79 Å². The number of amides is 1. The maximum atomic E-state index is 13.8. The molecule has 0 radical (unpaired) electrons. The van der Waals surface area contributed by atoms with E-state index in [1.807, 2.05) is 4.90 Å². The largest absolute Gasteiger partial charge is 0.503 e. The zero-order valence-electron chi connectivity index (χ0n) is 13.6. The molecule has 138 valence electrons. The van der Waals surface area contributed by atoms with E-state index >= 15 is 0 Å². The van der Waals surface area contributed by atoms with Crippen molar-refractivity contribution in [2.75, 3.05) is 24.5 Å². The Bertz CT molecular complexity index is 844. The summed E-state index contributed by atoms with van der Waals surface area (Å²) in [7, 11) is 0. The molecule has 0 aromatic heterocycles. The van der Waals surface area contributed by atoms with Crippen LogP contribution >= 0.6 is 0 Å². The second kappa shape index (κ2) is 7.23. The molecule has 3 rings (SSSR count). The first kappa shape index (κ1) is 18.0. The van der Waals surface area contributed by atoms with Crippen LogP contribution in [0, 0.1) is 29.2 Å². The van der Waals surface area contributed by atoms with Crippen molar-refractivity contribution in [1.29, 1.82) is 0 Å². The Morgan fingerprint density at radius 1 is 1.15 bits per heavy atom. The number of nitrogens with zero attached hydrogens (tertiary/aromatic N) is 1. The molecule has 0 saturated carbocycles. The van der Waals surface area contributed by atoms with Crippen molar-refractivity contribution in [2.45, 2.75) is 6.42 Å². The molecule has 1 unspecified atom stereocenters. The molecule has 1 amide bonds. The second-order valence-corrected chi connectivity index (χ2v) is 6.14. The number of nitrogens with one attached hydrogen (secondary N) is 1. The van der Waals surface area contributed by atoms with Crippen LogP contribution in [0.25, 0.3) is 0 Å². The van der Waals surface area contributed by atoms with E-state index in [4.69, 9.17) is 0 Å². The average Bonchev–Trinajstić information content (AvgIpc) is 3.10. The maximum Gasteiger partial charge on any atom is 0.254 e. The van der Waals surface area contributed by atoms with E-state index in [1.165, 1.54) is 6.07 Å². The number of phenolic OH excluding ortho intramolecular Hbond substituents is 1. The number of phenols is 1. The predicted octanol–water partition coefficient (Wildman–Crippen LogP) is 3.20. The van der Waals surface area contributed by atoms with Gasteiger partial charge in [0.25, 0.3) is 5.91 Å². The SMILES string of the molecule is O=C(NCC1CCN(c2ccccc2F)C1)c1cc(F)c(F)c(O)c1F. The molecule has 1 aliphatic heterocycles. The quantitative estimate of drug-likeness (QED) is 0.644. The van der Waals surface area contributed by atoms with E-state index in [2.05, 4.69) is 5.32 Å². The highest BCUT2D eigenvalue weighted by Crippen LogP contribution is 2.27. The number of para-hydroxylation sites is 1. The molecule has 1 heterocycles. The van der Waals surface area contributed by atoms with Crippen molar-refractivity contribution < 1.29 is 27.5 Å². The van der Waals surface area contributed by atoms with Gasteiger partial charge >= 0.3 is 0 Å². The molecular formula is C18H16F4N2O2. The van der Waals surface area contributed by atoms with E-state index < -0.39 is 34.7 Å². The number of aromatic hydroxyl groups is 1. The first-order valence-electron chi connectivity index (χ1n) is 8.02. The Hall–Kier alpha value is -2.77. The molecule has 8 heteroatoms. The summed E-state index contributed by atoms with van der Waals surface area (Å²) in [5.74, 6) is -7.60. The first-order valence-corrected chi connectivity index (χ1v) is 8.02. The minimum atomic E-state index is -1.74. The summed E-state index contributed by atoms with van der Waals surface area (Å²) >= 11 is 0. The Kier molecular flexibility index (Phi) is 5.01. The zero-order chi connectivity index (χ0) is 18.8. The Morgan fingerprint density at radius 2 is 1.88 bits per heavy atom. The standard InChI is InChI=1S/C18H16F4N2O2/c19-12-3-1-2-4-14(12)24-6-5-10(9-24)8-23-18(26)11-7-13(20)16(22)17(25)15(11)21/h1-4,7,10,25H,5-6,8-9H2,(H,23,26). The van der Waals surface area contributed by atoms with Crippen LogP contribution in [0.5, 0.6) is 5.75 Å². The number of hydrogen-bond donors (Lipinski definition) is 2. The zero-order valence-corrected chi connectivity index (χ0v) is 13.6. The monoisotopic (exact) mass is 368 g/mol. The molecule has 2 N–H and O–H groups in total. The fraction of sp³-hybridized carbons (Fsp3) is 0.278. The summed E-state index contributed by atoms with van der Waals surface area (Å²) in [4.78, 5) is 13.9. The van der Waals surface area contributed by atoms with E-state index in [-0.39, 0.29) is 18.3 Å². The molecule has 4 nitrogen and oxygen atoms in total. The fourth-order valence-electron chi connectivity index (χ4n) is 3.01. The summed E-state index contributed by atoms with van der Waals surface area (Å²) in [5.41, 5.74) is -0.303. The minimum Gasteiger partial charge on any atom is -0.503 e. The van der Waals surface area contributed by atoms with Gasteiger partial charge in [0.2, 0.25) is 5.82 Å². The average molecular weight is 368 g/mol. The Balaban J connectivity index is 1.62. The van der Waals surface area contributed by atoms with Crippen molar-refractivity contribution in [2.24, 2.45) is 5.92 Å². The number of carbonyl (C=O) groups excluding carboxylic acids is 1. The van der Waals surface area contributed by atoms with E-state index in [0.29, 0.717) is 31.3 Å². The van der Waals surface area contributed by atoms with Crippen molar-refractivity contribution in [3.8, 4) is 5.75 Å². The molecule has 0 aliphatic carbocycles. The van der Waals surface area contributed by atoms with Gasteiger partial charge in [0.15, 0.2) is 17.4 Å². The maximum absolute atomic E-state index is 13.8. The van der Waals surface area contributed by atoms with Crippen LogP contribution in [0.4, 0.5) is 23.2 Å². The van der Waals surface area contributed by atoms with Crippen LogP contribution in [0.3, 0.4) is 0 Å². The molecule has 2 aromatic rings. The lowest BCUT2D eigenvalue weighted by atomic mass is 10.1. The van der Waals surface area contributed by atoms with Gasteiger partial charge in [-0.15, -0.1) is 0 Å². The van der Waals surface area contributed by atoms with E-state index in [0.717, 1.165) is 0 Å². The van der Waals surface area contributed by atoms with Gasteiger partial charge in [-0.1, -0.05) is 12.1 Å². The lowest BCUT2D eigenvalue weighted by molar-refractivity contribution is 0.0942. The number of rotatable bonds is 4. The molecule has 26 heavy (non-hydrogen) atoms. The summed E-state index contributed by atoms with van der Waals surface area (Å²) < 4.78 is 53.9. The van der Waals surface area contributed by atoms with Gasteiger partial charge in [0, 0.05) is 19.6 Å². The molecule has 0 spiro atoms. The van der Waals surface area contributed by atoms with Crippen LogP contribution in [-0.2, 0) is 0 Å². The van der Waals surface area contributed by atoms with Crippen LogP contribution in [0.2, 0.25) is 0 Å². The van der Waals surface area contributed by atoms with Gasteiger partial charge in [0.05, 0.1) is 11.3 Å². The molecule has 0 bridgehead atoms. The van der Waals surface area contributed by atoms with E-state index in [1.54, 1.807) is 18.2 Å². The lowest BCUT2D eigenvalue weighted by Crippen LogP contribution is -2.31. The lowest BCUT2D eigenvalue weighted by Gasteiger charge is -2.19. The number of anilines is 1. The highest BCUT2D eigenvalue weighted by atomic mass is 19.2. The summed E-state index contributed by atoms with van der Waals surface area (Å²) in [6.07, 6.45) is 0.681. The molecule has 1 aliphatic rings. The van der Waals surface area contributed by atoms with Crippen molar-refractivity contribution in [3.05, 3.63) is 59.2 Å². The van der Waals surface area contributed by atoms with Gasteiger partial charge in [-0.05, 0) is 30.5 Å². The minimum absolute atomic E-state index is 0.0134. The van der Waals surface area contributed by atoms with Gasteiger partial charge in [0.1, 0.15) is 5.82 Å². The van der Waals surface area contributed by atoms with Crippen molar-refractivity contribution in [3.63, 3.8) is 0 Å². The third-order valence-electron chi connectivity index (χ3n) is 4.41. The number of benzene rings is 2. The van der Waals surface area contributed by atoms with Gasteiger partial charge < -0.3 is 15.3 Å². The summed E-state index contributed by atoms with van der Waals surface area (Å²) in [6.45, 7) is 1.25. The highest BCUT2D eigenvalue weighted by Gasteiger charge is 2.26. The van der Waals surface area contributed by atoms with Crippen LogP contribution in [0.15, 0.2) is 30.3 Å². The van der Waals surface area contributed by atoms with Crippen LogP contribution in [0.1, 0.15) is 16.8 Å². The number of hydrogen-bond acceptors (Lipinski definition) is 3. The van der Waals surface area contributed by atoms with Gasteiger partial charge in [-0.25, -0.2) is 13.2 Å². The normalized spacial score (nSPS) is 16.8. The third kappa shape index (κ3) is 3.44. The topological polar surface area (TPSA) is 52.6 Å². The Labute approximate surface area is 147 Å². The first-order chi connectivity index (χ1) is 12.4. The van der Waals surface area contributed by atoms with Crippen molar-refractivity contribution >= 4 is 11.6 Å². The van der Waals surface area contributed by atoms with Gasteiger partial charge in [-0.2, -0.15) is 4.39 Å². The summed E-state index contributed by atoms with van der Waals surface area (Å²) in [5, 5.41) is 11.6. The molecule has 1 saturated heterocycles.